The third-order valence-electron chi connectivity index (χ3n) is 10.3. The summed E-state index contributed by atoms with van der Waals surface area (Å²) in [6, 6.07) is 10.4. The molecule has 0 radical (unpaired) electrons. The van der Waals surface area contributed by atoms with Crippen LogP contribution in [0.4, 0.5) is 0 Å². The van der Waals surface area contributed by atoms with Gasteiger partial charge in [-0.3, -0.25) is 38.6 Å². The molecule has 0 spiro atoms. The second-order valence-electron chi connectivity index (χ2n) is 14.6. The second kappa shape index (κ2) is 22.0. The fraction of sp³-hybridized carbons (Fsp3) is 0.500. The summed E-state index contributed by atoms with van der Waals surface area (Å²) in [7, 11) is 0. The predicted molar refractivity (Wildman–Crippen MR) is 214 cm³/mol. The van der Waals surface area contributed by atoms with Gasteiger partial charge in [-0.25, -0.2) is 0 Å². The topological polar surface area (TPSA) is 280 Å². The van der Waals surface area contributed by atoms with E-state index in [9.17, 15) is 38.7 Å². The molecular weight excluding hydrogens is 749 g/mol. The van der Waals surface area contributed by atoms with Crippen molar-refractivity contribution in [2.24, 2.45) is 22.4 Å². The van der Waals surface area contributed by atoms with Gasteiger partial charge in [-0.1, -0.05) is 80.9 Å². The minimum atomic E-state index is -1.53. The number of fused-ring (bicyclic) bond motifs is 1. The molecule has 0 aliphatic carbocycles. The number of benzene rings is 2. The predicted octanol–water partition coefficient (Wildman–Crippen LogP) is -1.89. The quantitative estimate of drug-likeness (QED) is 0.0692. The summed E-state index contributed by atoms with van der Waals surface area (Å²) in [6.07, 6.45) is 1.52. The van der Waals surface area contributed by atoms with E-state index in [1.54, 1.807) is 68.4 Å². The molecule has 0 aromatic heterocycles. The maximum Gasteiger partial charge on any atom is 0.246 e. The van der Waals surface area contributed by atoms with Gasteiger partial charge in [0.15, 0.2) is 5.96 Å². The Morgan fingerprint density at radius 1 is 0.759 bits per heavy atom. The highest BCUT2D eigenvalue weighted by molar-refractivity contribution is 5.98. The zero-order valence-corrected chi connectivity index (χ0v) is 32.9. The number of carbonyl (C=O) groups excluding carboxylic acids is 7. The van der Waals surface area contributed by atoms with Gasteiger partial charge in [-0.15, -0.1) is 0 Å². The number of aliphatic hydroxyl groups excluding tert-OH is 1. The molecule has 7 amide bonds. The van der Waals surface area contributed by atoms with E-state index in [0.717, 1.165) is 5.56 Å². The largest absolute Gasteiger partial charge is 0.394 e. The first-order valence-electron chi connectivity index (χ1n) is 19.6. The molecule has 2 heterocycles. The van der Waals surface area contributed by atoms with Crippen molar-refractivity contribution in [2.75, 3.05) is 26.2 Å². The van der Waals surface area contributed by atoms with Gasteiger partial charge in [-0.05, 0) is 42.7 Å². The number of nitrogens with zero attached hydrogens (tertiary/aromatic N) is 2. The smallest absolute Gasteiger partial charge is 0.246 e. The first-order chi connectivity index (χ1) is 27.8. The van der Waals surface area contributed by atoms with E-state index in [2.05, 4.69) is 36.9 Å². The molecular formula is C40H56N10O8. The highest BCUT2D eigenvalue weighted by Gasteiger charge is 2.39. The molecule has 18 nitrogen and oxygen atoms in total. The Labute approximate surface area is 337 Å². The first-order valence-corrected chi connectivity index (χ1v) is 19.6. The molecule has 0 unspecified atom stereocenters. The van der Waals surface area contributed by atoms with Crippen molar-refractivity contribution in [3.63, 3.8) is 0 Å². The zero-order chi connectivity index (χ0) is 42.2. The summed E-state index contributed by atoms with van der Waals surface area (Å²) in [5.74, 6) is -5.56. The van der Waals surface area contributed by atoms with Crippen LogP contribution in [0.25, 0.3) is 0 Å². The van der Waals surface area contributed by atoms with Crippen LogP contribution in [0.15, 0.2) is 65.7 Å². The third kappa shape index (κ3) is 13.0. The van der Waals surface area contributed by atoms with Crippen LogP contribution in [-0.2, 0) is 46.4 Å². The average molecular weight is 805 g/mol. The lowest BCUT2D eigenvalue weighted by molar-refractivity contribution is -0.142. The third-order valence-corrected chi connectivity index (χ3v) is 10.3. The number of amides is 7. The fourth-order valence-electron chi connectivity index (χ4n) is 6.87. The second-order valence-corrected chi connectivity index (χ2v) is 14.6. The van der Waals surface area contributed by atoms with E-state index in [0.29, 0.717) is 24.8 Å². The Balaban J connectivity index is 1.75. The van der Waals surface area contributed by atoms with Gasteiger partial charge in [0.05, 0.1) is 13.2 Å². The van der Waals surface area contributed by atoms with Crippen molar-refractivity contribution < 1.29 is 38.7 Å². The Morgan fingerprint density at radius 3 is 1.91 bits per heavy atom. The van der Waals surface area contributed by atoms with Crippen LogP contribution < -0.4 is 43.4 Å². The van der Waals surface area contributed by atoms with Crippen LogP contribution in [0.5, 0.6) is 0 Å². The molecule has 2 aromatic carbocycles. The van der Waals surface area contributed by atoms with Crippen molar-refractivity contribution in [3.05, 3.63) is 71.8 Å². The molecule has 0 bridgehead atoms. The molecule has 11 N–H and O–H groups in total. The summed E-state index contributed by atoms with van der Waals surface area (Å²) in [5, 5.41) is 26.1. The number of hydrogen-bond donors (Lipinski definition) is 9. The highest BCUT2D eigenvalue weighted by atomic mass is 16.3. The number of aliphatic imine (C=N–C) groups is 1. The number of nitrogens with one attached hydrogen (secondary N) is 6. The zero-order valence-electron chi connectivity index (χ0n) is 32.9. The maximum atomic E-state index is 14.4. The van der Waals surface area contributed by atoms with Gasteiger partial charge in [0, 0.05) is 25.9 Å². The minimum Gasteiger partial charge on any atom is -0.394 e. The summed E-state index contributed by atoms with van der Waals surface area (Å²) < 4.78 is 0. The number of aliphatic hydroxyl groups is 1. The minimum absolute atomic E-state index is 0.0225. The summed E-state index contributed by atoms with van der Waals surface area (Å²) >= 11 is 0. The van der Waals surface area contributed by atoms with Gasteiger partial charge in [-0.2, -0.15) is 0 Å². The molecule has 18 heteroatoms. The normalized spacial score (nSPS) is 24.7. The van der Waals surface area contributed by atoms with Gasteiger partial charge in [0.1, 0.15) is 36.3 Å². The molecule has 7 atom stereocenters. The lowest BCUT2D eigenvalue weighted by atomic mass is 9.97. The van der Waals surface area contributed by atoms with Crippen LogP contribution in [-0.4, -0.2) is 120 Å². The van der Waals surface area contributed by atoms with Crippen molar-refractivity contribution in [3.8, 4) is 0 Å². The Bertz CT molecular complexity index is 1770. The molecule has 2 fully saturated rings. The lowest BCUT2D eigenvalue weighted by Gasteiger charge is -2.30. The van der Waals surface area contributed by atoms with E-state index in [1.807, 2.05) is 6.07 Å². The van der Waals surface area contributed by atoms with Crippen LogP contribution >= 0.6 is 0 Å². The first kappa shape index (κ1) is 44.7. The molecule has 2 aliphatic rings. The van der Waals surface area contributed by atoms with Crippen LogP contribution in [0.1, 0.15) is 57.1 Å². The van der Waals surface area contributed by atoms with E-state index in [-0.39, 0.29) is 44.7 Å². The SMILES string of the molecule is CC[C@H](C)[C@@H]1NC(=O)CNC(=O)[C@@H]2CCCN2C(=O)[C@H](Cc2ccccc2)NC(=O)[C@H](CCCN=C(N)N)NC(=O)[C@H](Cc2ccccc2)NC(=O)[C@H](CO)NC1=O. The fourth-order valence-corrected chi connectivity index (χ4v) is 6.87. The van der Waals surface area contributed by atoms with Crippen LogP contribution in [0, 0.1) is 5.92 Å². The Hall–Kier alpha value is -6.04. The molecule has 4 rings (SSSR count). The monoisotopic (exact) mass is 804 g/mol. The molecule has 2 saturated heterocycles. The Kier molecular flexibility index (Phi) is 17.0. The van der Waals surface area contributed by atoms with Crippen LogP contribution in [0.3, 0.4) is 0 Å². The van der Waals surface area contributed by atoms with Gasteiger partial charge in [0.2, 0.25) is 41.4 Å². The van der Waals surface area contributed by atoms with Gasteiger partial charge < -0.3 is 53.4 Å². The average Bonchev–Trinajstić information content (AvgIpc) is 3.71. The number of rotatable bonds is 11. The van der Waals surface area contributed by atoms with Crippen molar-refractivity contribution in [1.29, 1.82) is 0 Å². The van der Waals surface area contributed by atoms with Gasteiger partial charge >= 0.3 is 0 Å². The Morgan fingerprint density at radius 2 is 1.31 bits per heavy atom. The number of guanidine groups is 1. The van der Waals surface area contributed by atoms with Crippen molar-refractivity contribution in [2.45, 2.75) is 95.0 Å². The molecule has 0 saturated carbocycles. The lowest BCUT2D eigenvalue weighted by Crippen LogP contribution is -2.61. The number of hydrogen-bond acceptors (Lipinski definition) is 9. The van der Waals surface area contributed by atoms with E-state index in [4.69, 9.17) is 11.5 Å². The molecule has 58 heavy (non-hydrogen) atoms. The standard InChI is InChI=1S/C40H56N10O8/c1-3-24(2)33-38(57)48-30(23-51)36(55)46-28(20-25-12-6-4-7-13-25)35(54)45-27(16-10-18-43-40(41)42)34(53)47-29(21-26-14-8-5-9-15-26)39(58)50-19-11-17-31(50)37(56)44-22-32(52)49-33/h4-9,12-15,24,27-31,33,51H,3,10-11,16-23H2,1-2H3,(H,44,56)(H,45,54)(H,46,55)(H,47,53)(H,48,57)(H,49,52)(H4,41,42,43)/t24-,27-,28-,29-,30-,31-,33-/m0/s1. The number of nitrogens with two attached hydrogens (primary N) is 2. The van der Waals surface area contributed by atoms with E-state index in [1.165, 1.54) is 4.90 Å². The maximum absolute atomic E-state index is 14.4. The van der Waals surface area contributed by atoms with E-state index >= 15 is 0 Å². The molecule has 314 valence electrons. The van der Waals surface area contributed by atoms with Crippen LogP contribution in [0.2, 0.25) is 0 Å². The highest BCUT2D eigenvalue weighted by Crippen LogP contribution is 2.20. The number of carbonyl (C=O) groups is 7. The van der Waals surface area contributed by atoms with E-state index < -0.39 is 96.7 Å². The summed E-state index contributed by atoms with van der Waals surface area (Å²) in [4.78, 5) is 102. The molecule has 2 aliphatic heterocycles. The van der Waals surface area contributed by atoms with Crippen molar-refractivity contribution >= 4 is 47.3 Å². The van der Waals surface area contributed by atoms with Gasteiger partial charge in [0.25, 0.3) is 0 Å². The summed E-state index contributed by atoms with van der Waals surface area (Å²) in [5.41, 5.74) is 12.4. The summed E-state index contributed by atoms with van der Waals surface area (Å²) in [6.45, 7) is 2.50. The van der Waals surface area contributed by atoms with Crippen molar-refractivity contribution in [1.82, 2.24) is 36.8 Å². The molecule has 2 aromatic rings.